The summed E-state index contributed by atoms with van der Waals surface area (Å²) in [4.78, 5) is 4.04. The lowest BCUT2D eigenvalue weighted by Crippen LogP contribution is -2.63. The van der Waals surface area contributed by atoms with Gasteiger partial charge in [-0.1, -0.05) is 38.8 Å². The topological polar surface area (TPSA) is 15.3 Å². The van der Waals surface area contributed by atoms with Crippen molar-refractivity contribution in [2.24, 2.45) is 5.92 Å². The zero-order valence-corrected chi connectivity index (χ0v) is 14.7. The predicted octanol–water partition coefficient (Wildman–Crippen LogP) is 4.39. The Kier molecular flexibility index (Phi) is 5.52. The molecule has 2 heterocycles. The molecule has 3 atom stereocenters. The van der Waals surface area contributed by atoms with Crippen LogP contribution < -0.4 is 5.32 Å². The van der Waals surface area contributed by atoms with Crippen LogP contribution >= 0.6 is 22.9 Å². The van der Waals surface area contributed by atoms with Crippen molar-refractivity contribution in [3.63, 3.8) is 0 Å². The summed E-state index contributed by atoms with van der Waals surface area (Å²) in [6.45, 7) is 12.5. The van der Waals surface area contributed by atoms with E-state index in [4.69, 9.17) is 11.6 Å². The lowest BCUT2D eigenvalue weighted by Gasteiger charge is -2.48. The van der Waals surface area contributed by atoms with E-state index in [0.29, 0.717) is 6.04 Å². The Labute approximate surface area is 132 Å². The third-order valence-electron chi connectivity index (χ3n) is 4.83. The summed E-state index contributed by atoms with van der Waals surface area (Å²) in [5.74, 6) is 0.722. The van der Waals surface area contributed by atoms with Crippen LogP contribution in [0.3, 0.4) is 0 Å². The van der Waals surface area contributed by atoms with Crippen LogP contribution in [0.25, 0.3) is 0 Å². The fourth-order valence-electron chi connectivity index (χ4n) is 2.98. The predicted molar refractivity (Wildman–Crippen MR) is 89.7 cm³/mol. The molecule has 1 fully saturated rings. The van der Waals surface area contributed by atoms with E-state index in [-0.39, 0.29) is 5.54 Å². The van der Waals surface area contributed by atoms with Crippen molar-refractivity contribution in [1.29, 1.82) is 0 Å². The van der Waals surface area contributed by atoms with Crippen LogP contribution in [0, 0.1) is 5.92 Å². The number of hydrogen-bond donors (Lipinski definition) is 1. The molecule has 1 aliphatic rings. The first-order valence-electron chi connectivity index (χ1n) is 7.70. The van der Waals surface area contributed by atoms with Crippen LogP contribution in [0.15, 0.2) is 12.1 Å². The molecule has 2 rings (SSSR count). The summed E-state index contributed by atoms with van der Waals surface area (Å²) < 4.78 is 0.897. The van der Waals surface area contributed by atoms with Crippen molar-refractivity contribution >= 4 is 22.9 Å². The first-order chi connectivity index (χ1) is 9.47. The average molecular weight is 315 g/mol. The number of halogens is 1. The summed E-state index contributed by atoms with van der Waals surface area (Å²) in [5, 5.41) is 3.77. The fourth-order valence-corrected chi connectivity index (χ4v) is 4.09. The van der Waals surface area contributed by atoms with Crippen molar-refractivity contribution in [3.05, 3.63) is 21.3 Å². The molecular weight excluding hydrogens is 288 g/mol. The van der Waals surface area contributed by atoms with Gasteiger partial charge in [-0.25, -0.2) is 0 Å². The Morgan fingerprint density at radius 2 is 2.25 bits per heavy atom. The van der Waals surface area contributed by atoms with E-state index in [0.717, 1.165) is 29.9 Å². The van der Waals surface area contributed by atoms with Crippen molar-refractivity contribution in [1.82, 2.24) is 10.2 Å². The minimum Gasteiger partial charge on any atom is -0.309 e. The van der Waals surface area contributed by atoms with Crippen LogP contribution in [-0.2, 0) is 6.54 Å². The first kappa shape index (κ1) is 16.3. The van der Waals surface area contributed by atoms with Crippen LogP contribution in [0.4, 0.5) is 0 Å². The van der Waals surface area contributed by atoms with E-state index in [1.165, 1.54) is 17.7 Å². The maximum absolute atomic E-state index is 6.08. The molecule has 1 saturated heterocycles. The van der Waals surface area contributed by atoms with Crippen LogP contribution in [0.1, 0.15) is 45.4 Å². The van der Waals surface area contributed by atoms with Crippen molar-refractivity contribution in [2.45, 2.75) is 58.7 Å². The number of nitrogens with one attached hydrogen (secondary N) is 1. The average Bonchev–Trinajstić information content (AvgIpc) is 2.83. The molecule has 0 amide bonds. The Balaban J connectivity index is 2.13. The van der Waals surface area contributed by atoms with Crippen molar-refractivity contribution in [2.75, 3.05) is 13.1 Å². The normalized spacial score (nSPS) is 29.6. The Bertz CT molecular complexity index is 434. The maximum Gasteiger partial charge on any atom is 0.0931 e. The summed E-state index contributed by atoms with van der Waals surface area (Å²) in [6, 6.07) is 4.81. The van der Waals surface area contributed by atoms with Gasteiger partial charge in [0.05, 0.1) is 4.34 Å². The molecule has 4 heteroatoms. The molecule has 0 aromatic carbocycles. The van der Waals surface area contributed by atoms with Gasteiger partial charge in [0, 0.05) is 36.1 Å². The number of rotatable bonds is 5. The third-order valence-corrected chi connectivity index (χ3v) is 6.04. The minimum absolute atomic E-state index is 0.241. The number of thiophene rings is 1. The number of nitrogens with zero attached hydrogens (tertiary/aromatic N) is 1. The van der Waals surface area contributed by atoms with E-state index in [2.05, 4.69) is 44.0 Å². The second-order valence-electron chi connectivity index (χ2n) is 6.36. The second kappa shape index (κ2) is 6.78. The highest BCUT2D eigenvalue weighted by atomic mass is 35.5. The highest BCUT2D eigenvalue weighted by molar-refractivity contribution is 7.16. The van der Waals surface area contributed by atoms with Gasteiger partial charge in [0.25, 0.3) is 0 Å². The highest BCUT2D eigenvalue weighted by Gasteiger charge is 2.36. The summed E-state index contributed by atoms with van der Waals surface area (Å²) in [5.41, 5.74) is 0.241. The molecule has 20 heavy (non-hydrogen) atoms. The molecule has 1 aromatic rings. The lowest BCUT2D eigenvalue weighted by molar-refractivity contribution is 0.0495. The second-order valence-corrected chi connectivity index (χ2v) is 8.16. The van der Waals surface area contributed by atoms with Gasteiger partial charge >= 0.3 is 0 Å². The molecule has 114 valence electrons. The summed E-state index contributed by atoms with van der Waals surface area (Å²) in [6.07, 6.45) is 2.40. The van der Waals surface area contributed by atoms with E-state index in [9.17, 15) is 0 Å². The Hall–Kier alpha value is -0.0900. The van der Waals surface area contributed by atoms with Gasteiger partial charge in [0.15, 0.2) is 0 Å². The van der Waals surface area contributed by atoms with Crippen molar-refractivity contribution in [3.8, 4) is 0 Å². The molecule has 0 radical (unpaired) electrons. The molecule has 0 spiro atoms. The standard InChI is InChI=1S/C16H27ClN2S/c1-5-12(3)14-9-18-16(4,6-2)11-19(14)10-13-7-8-15(17)20-13/h7-8,12,14,18H,5-6,9-11H2,1-4H3. The Morgan fingerprint density at radius 3 is 2.80 bits per heavy atom. The molecular formula is C16H27ClN2S. The van der Waals surface area contributed by atoms with Crippen LogP contribution in [0.2, 0.25) is 4.34 Å². The van der Waals surface area contributed by atoms with Gasteiger partial charge in [-0.05, 0) is 31.4 Å². The SMILES string of the molecule is CCC(C)C1CNC(C)(CC)CN1Cc1ccc(Cl)s1. The first-order valence-corrected chi connectivity index (χ1v) is 8.90. The minimum atomic E-state index is 0.241. The fraction of sp³-hybridized carbons (Fsp3) is 0.750. The lowest BCUT2D eigenvalue weighted by atomic mass is 9.88. The third kappa shape index (κ3) is 3.76. The van der Waals surface area contributed by atoms with Gasteiger partial charge in [0.1, 0.15) is 0 Å². The van der Waals surface area contributed by atoms with E-state index >= 15 is 0 Å². The van der Waals surface area contributed by atoms with Gasteiger partial charge < -0.3 is 5.32 Å². The molecule has 1 aliphatic heterocycles. The smallest absolute Gasteiger partial charge is 0.0931 e. The van der Waals surface area contributed by atoms with Gasteiger partial charge in [0.2, 0.25) is 0 Å². The molecule has 1 N–H and O–H groups in total. The zero-order valence-electron chi connectivity index (χ0n) is 13.1. The molecule has 0 aliphatic carbocycles. The van der Waals surface area contributed by atoms with E-state index in [1.807, 2.05) is 6.07 Å². The molecule has 1 aromatic heterocycles. The van der Waals surface area contributed by atoms with Crippen LogP contribution in [-0.4, -0.2) is 29.6 Å². The summed E-state index contributed by atoms with van der Waals surface area (Å²) >= 11 is 7.79. The number of hydrogen-bond acceptors (Lipinski definition) is 3. The molecule has 3 unspecified atom stereocenters. The Morgan fingerprint density at radius 1 is 1.50 bits per heavy atom. The molecule has 0 bridgehead atoms. The van der Waals surface area contributed by atoms with Gasteiger partial charge in [-0.15, -0.1) is 11.3 Å². The van der Waals surface area contributed by atoms with Gasteiger partial charge in [-0.2, -0.15) is 0 Å². The molecule has 2 nitrogen and oxygen atoms in total. The molecule has 0 saturated carbocycles. The van der Waals surface area contributed by atoms with E-state index < -0.39 is 0 Å². The van der Waals surface area contributed by atoms with Gasteiger partial charge in [-0.3, -0.25) is 4.90 Å². The zero-order chi connectivity index (χ0) is 14.8. The monoisotopic (exact) mass is 314 g/mol. The number of piperazine rings is 1. The highest BCUT2D eigenvalue weighted by Crippen LogP contribution is 2.29. The summed E-state index contributed by atoms with van der Waals surface area (Å²) in [7, 11) is 0. The quantitative estimate of drug-likeness (QED) is 0.867. The van der Waals surface area contributed by atoms with E-state index in [1.54, 1.807) is 11.3 Å². The van der Waals surface area contributed by atoms with Crippen molar-refractivity contribution < 1.29 is 0 Å². The maximum atomic E-state index is 6.08. The van der Waals surface area contributed by atoms with Crippen LogP contribution in [0.5, 0.6) is 0 Å². The largest absolute Gasteiger partial charge is 0.309 e.